The SMILES string of the molecule is COc1cc(CNC(=O)CCN2CCC(OC(=O)Nc3ccccc3-c3ccccc3)CC2)ccc1CNC[C@H](O)c1ccc(O)c2[nH]c(=O)ccc12. The maximum Gasteiger partial charge on any atom is 0.411 e. The molecule has 0 radical (unpaired) electrons. The third kappa shape index (κ3) is 9.80. The fourth-order valence-electron chi connectivity index (χ4n) is 6.60. The zero-order valence-corrected chi connectivity index (χ0v) is 29.6. The minimum Gasteiger partial charge on any atom is -0.506 e. The predicted molar refractivity (Wildman–Crippen MR) is 204 cm³/mol. The van der Waals surface area contributed by atoms with Gasteiger partial charge in [-0.3, -0.25) is 14.9 Å². The number of benzene rings is 4. The number of ether oxygens (including phenoxy) is 2. The molecule has 53 heavy (non-hydrogen) atoms. The van der Waals surface area contributed by atoms with Gasteiger partial charge >= 0.3 is 6.09 Å². The normalized spacial score (nSPS) is 14.1. The summed E-state index contributed by atoms with van der Waals surface area (Å²) in [5.41, 5.74) is 4.96. The number of rotatable bonds is 14. The number of aromatic hydroxyl groups is 1. The first-order valence-corrected chi connectivity index (χ1v) is 17.8. The Bertz CT molecular complexity index is 2080. The summed E-state index contributed by atoms with van der Waals surface area (Å²) in [5, 5.41) is 30.7. The van der Waals surface area contributed by atoms with Gasteiger partial charge in [0.1, 0.15) is 17.6 Å². The summed E-state index contributed by atoms with van der Waals surface area (Å²) >= 11 is 0. The van der Waals surface area contributed by atoms with Crippen molar-refractivity contribution in [3.63, 3.8) is 0 Å². The van der Waals surface area contributed by atoms with Gasteiger partial charge in [-0.2, -0.15) is 0 Å². The molecule has 6 N–H and O–H groups in total. The lowest BCUT2D eigenvalue weighted by Crippen LogP contribution is -2.40. The second-order valence-corrected chi connectivity index (χ2v) is 13.1. The van der Waals surface area contributed by atoms with Gasteiger partial charge < -0.3 is 40.2 Å². The van der Waals surface area contributed by atoms with E-state index < -0.39 is 12.2 Å². The second-order valence-electron chi connectivity index (χ2n) is 13.1. The molecule has 12 heteroatoms. The van der Waals surface area contributed by atoms with E-state index in [9.17, 15) is 24.6 Å². The summed E-state index contributed by atoms with van der Waals surface area (Å²) in [6, 6.07) is 29.3. The number of fused-ring (bicyclic) bond motifs is 1. The van der Waals surface area contributed by atoms with Crippen LogP contribution in [-0.2, 0) is 22.6 Å². The van der Waals surface area contributed by atoms with Crippen molar-refractivity contribution in [3.8, 4) is 22.6 Å². The lowest BCUT2D eigenvalue weighted by molar-refractivity contribution is -0.121. The zero-order valence-electron chi connectivity index (χ0n) is 29.6. The van der Waals surface area contributed by atoms with E-state index in [4.69, 9.17) is 9.47 Å². The van der Waals surface area contributed by atoms with Gasteiger partial charge in [0, 0.05) is 68.3 Å². The van der Waals surface area contributed by atoms with E-state index >= 15 is 0 Å². The molecule has 6 rings (SSSR count). The largest absolute Gasteiger partial charge is 0.506 e. The zero-order chi connectivity index (χ0) is 37.2. The fraction of sp³-hybridized carbons (Fsp3) is 0.293. The Hall–Kier alpha value is -5.69. The minimum atomic E-state index is -0.884. The molecule has 0 spiro atoms. The number of nitrogens with one attached hydrogen (secondary N) is 4. The molecular formula is C41H45N5O7. The van der Waals surface area contributed by atoms with E-state index in [-0.39, 0.29) is 35.4 Å². The van der Waals surface area contributed by atoms with Gasteiger partial charge in [0.25, 0.3) is 0 Å². The molecule has 1 saturated heterocycles. The third-order valence-corrected chi connectivity index (χ3v) is 9.47. The molecule has 0 unspecified atom stereocenters. The van der Waals surface area contributed by atoms with Crippen LogP contribution in [0, 0.1) is 0 Å². The van der Waals surface area contributed by atoms with Gasteiger partial charge in [-0.05, 0) is 53.8 Å². The van der Waals surface area contributed by atoms with Crippen molar-refractivity contribution in [2.24, 2.45) is 0 Å². The Kier molecular flexibility index (Phi) is 12.4. The molecule has 4 aromatic carbocycles. The van der Waals surface area contributed by atoms with Crippen LogP contribution in [0.1, 0.15) is 42.1 Å². The summed E-state index contributed by atoms with van der Waals surface area (Å²) in [6.45, 7) is 3.10. The van der Waals surface area contributed by atoms with E-state index in [1.54, 1.807) is 19.2 Å². The Morgan fingerprint density at radius 2 is 1.72 bits per heavy atom. The van der Waals surface area contributed by atoms with Crippen molar-refractivity contribution in [1.29, 1.82) is 0 Å². The number of H-pyrrole nitrogens is 1. The summed E-state index contributed by atoms with van der Waals surface area (Å²) in [6.07, 6.45) is 0.220. The Morgan fingerprint density at radius 1 is 0.943 bits per heavy atom. The van der Waals surface area contributed by atoms with Crippen molar-refractivity contribution in [2.45, 2.75) is 44.6 Å². The molecular weight excluding hydrogens is 674 g/mol. The smallest absolute Gasteiger partial charge is 0.411 e. The number of piperidine rings is 1. The van der Waals surface area contributed by atoms with Gasteiger partial charge in [-0.1, -0.05) is 66.7 Å². The van der Waals surface area contributed by atoms with Gasteiger partial charge in [0.15, 0.2) is 0 Å². The number of aromatic amines is 1. The molecule has 2 heterocycles. The maximum absolute atomic E-state index is 12.7. The number of pyridine rings is 1. The molecule has 2 amide bonds. The summed E-state index contributed by atoms with van der Waals surface area (Å²) in [7, 11) is 1.59. The maximum atomic E-state index is 12.7. The average Bonchev–Trinajstić information content (AvgIpc) is 3.18. The summed E-state index contributed by atoms with van der Waals surface area (Å²) < 4.78 is 11.4. The Balaban J connectivity index is 0.899. The molecule has 12 nitrogen and oxygen atoms in total. The van der Waals surface area contributed by atoms with Crippen LogP contribution >= 0.6 is 0 Å². The molecule has 0 bridgehead atoms. The quantitative estimate of drug-likeness (QED) is 0.0876. The lowest BCUT2D eigenvalue weighted by Gasteiger charge is -2.31. The summed E-state index contributed by atoms with van der Waals surface area (Å²) in [5.74, 6) is 0.546. The van der Waals surface area contributed by atoms with Crippen LogP contribution in [0.3, 0.4) is 0 Å². The molecule has 1 aliphatic heterocycles. The lowest BCUT2D eigenvalue weighted by atomic mass is 10.0. The molecule has 1 atom stereocenters. The van der Waals surface area contributed by atoms with Crippen molar-refractivity contribution in [2.75, 3.05) is 38.6 Å². The fourth-order valence-corrected chi connectivity index (χ4v) is 6.60. The average molecular weight is 720 g/mol. The van der Waals surface area contributed by atoms with E-state index in [0.717, 1.165) is 35.3 Å². The number of likely N-dealkylation sites (tertiary alicyclic amines) is 1. The number of phenolic OH excluding ortho intramolecular Hbond substituents is 1. The van der Waals surface area contributed by atoms with E-state index in [1.807, 2.05) is 72.8 Å². The van der Waals surface area contributed by atoms with Crippen LogP contribution in [0.2, 0.25) is 0 Å². The van der Waals surface area contributed by atoms with Gasteiger partial charge in [0.05, 0.1) is 24.4 Å². The van der Waals surface area contributed by atoms with Crippen molar-refractivity contribution in [1.82, 2.24) is 20.5 Å². The highest BCUT2D eigenvalue weighted by atomic mass is 16.6. The number of methoxy groups -OCH3 is 1. The van der Waals surface area contributed by atoms with Crippen molar-refractivity contribution >= 4 is 28.6 Å². The third-order valence-electron chi connectivity index (χ3n) is 9.47. The molecule has 1 aromatic heterocycles. The van der Waals surface area contributed by atoms with Crippen LogP contribution in [0.25, 0.3) is 22.0 Å². The van der Waals surface area contributed by atoms with Crippen LogP contribution < -0.4 is 26.2 Å². The number of carbonyl (C=O) groups excluding carboxylic acids is 2. The van der Waals surface area contributed by atoms with Crippen molar-refractivity contribution < 1.29 is 29.3 Å². The highest BCUT2D eigenvalue weighted by molar-refractivity contribution is 5.91. The number of amides is 2. The Labute approximate surface area is 307 Å². The number of hydrogen-bond acceptors (Lipinski definition) is 9. The molecule has 1 aliphatic rings. The number of anilines is 1. The first-order chi connectivity index (χ1) is 25.8. The Morgan fingerprint density at radius 3 is 2.51 bits per heavy atom. The van der Waals surface area contributed by atoms with Gasteiger partial charge in [0.2, 0.25) is 11.5 Å². The number of aromatic nitrogens is 1. The van der Waals surface area contributed by atoms with Crippen LogP contribution in [0.15, 0.2) is 102 Å². The van der Waals surface area contributed by atoms with Crippen LogP contribution in [-0.4, -0.2) is 71.5 Å². The highest BCUT2D eigenvalue weighted by Crippen LogP contribution is 2.30. The molecule has 5 aromatic rings. The van der Waals surface area contributed by atoms with E-state index in [2.05, 4.69) is 25.8 Å². The number of para-hydroxylation sites is 1. The molecule has 1 fully saturated rings. The number of hydrogen-bond donors (Lipinski definition) is 6. The monoisotopic (exact) mass is 719 g/mol. The second kappa shape index (κ2) is 17.7. The number of aliphatic hydroxyl groups excluding tert-OH is 1. The van der Waals surface area contributed by atoms with Crippen LogP contribution in [0.4, 0.5) is 10.5 Å². The first-order valence-electron chi connectivity index (χ1n) is 17.8. The van der Waals surface area contributed by atoms with E-state index in [1.165, 1.54) is 12.1 Å². The predicted octanol–water partition coefficient (Wildman–Crippen LogP) is 5.45. The van der Waals surface area contributed by atoms with E-state index in [0.29, 0.717) is 61.3 Å². The van der Waals surface area contributed by atoms with Crippen LogP contribution in [0.5, 0.6) is 11.5 Å². The van der Waals surface area contributed by atoms with Gasteiger partial charge in [-0.25, -0.2) is 4.79 Å². The number of nitrogens with zero attached hydrogens (tertiary/aromatic N) is 1. The highest BCUT2D eigenvalue weighted by Gasteiger charge is 2.23. The van der Waals surface area contributed by atoms with Crippen molar-refractivity contribution in [3.05, 3.63) is 124 Å². The number of carbonyl (C=O) groups is 2. The number of aliphatic hydroxyl groups is 1. The first kappa shape index (κ1) is 37.1. The molecule has 0 aliphatic carbocycles. The van der Waals surface area contributed by atoms with Gasteiger partial charge in [-0.15, -0.1) is 0 Å². The number of phenols is 1. The molecule has 276 valence electrons. The minimum absolute atomic E-state index is 0.0515. The topological polar surface area (TPSA) is 165 Å². The summed E-state index contributed by atoms with van der Waals surface area (Å²) in [4.78, 5) is 42.0. The standard InChI is InChI=1S/C41H45N5O7/c1-52-37-23-27(11-12-29(37)25-42-26-36(48)32-13-15-35(47)40-33(32)14-16-39(50)45-40)24-43-38(49)19-22-46-20-17-30(18-21-46)53-41(51)44-34-10-6-5-9-31(34)28-7-3-2-4-8-28/h2-16,23,30,36,42,47-48H,17-22,24-26H2,1H3,(H,43,49)(H,44,51)(H,45,50)/t36-/m0/s1. The molecule has 0 saturated carbocycles.